The summed E-state index contributed by atoms with van der Waals surface area (Å²) in [7, 11) is 0. The molecule has 2 nitrogen and oxygen atoms in total. The zero-order chi connectivity index (χ0) is 8.97. The number of pyridine rings is 1. The van der Waals surface area contributed by atoms with Crippen LogP contribution in [0, 0.1) is 0 Å². The minimum Gasteiger partial charge on any atom is -0.324 e. The highest BCUT2D eigenvalue weighted by molar-refractivity contribution is 9.10. The van der Waals surface area contributed by atoms with E-state index in [1.165, 1.54) is 0 Å². The van der Waals surface area contributed by atoms with Crippen molar-refractivity contribution in [2.45, 2.75) is 12.5 Å². The Bertz CT molecular complexity index is 255. The fourth-order valence-electron chi connectivity index (χ4n) is 0.932. The number of aromatic nitrogens is 1. The zero-order valence-corrected chi connectivity index (χ0v) is 8.09. The first-order valence-electron chi connectivity index (χ1n) is 3.67. The molecule has 12 heavy (non-hydrogen) atoms. The smallest absolute Gasteiger partial charge is 0.106 e. The zero-order valence-electron chi connectivity index (χ0n) is 6.50. The molecule has 0 saturated carbocycles. The highest BCUT2D eigenvalue weighted by Gasteiger charge is 2.05. The minimum absolute atomic E-state index is 0.228. The van der Waals surface area contributed by atoms with Crippen molar-refractivity contribution in [2.75, 3.05) is 6.67 Å². The van der Waals surface area contributed by atoms with Gasteiger partial charge in [0.15, 0.2) is 0 Å². The number of hydrogen-bond donors (Lipinski definition) is 1. The van der Waals surface area contributed by atoms with Gasteiger partial charge in [-0.15, -0.1) is 0 Å². The second kappa shape index (κ2) is 4.52. The summed E-state index contributed by atoms with van der Waals surface area (Å²) in [5.74, 6) is 0. The van der Waals surface area contributed by atoms with Crippen LogP contribution < -0.4 is 5.73 Å². The number of nitrogens with two attached hydrogens (primary N) is 1. The molecule has 0 aliphatic carbocycles. The molecule has 0 saturated heterocycles. The summed E-state index contributed by atoms with van der Waals surface area (Å²) in [5.41, 5.74) is 6.60. The van der Waals surface area contributed by atoms with Gasteiger partial charge in [0.1, 0.15) is 4.60 Å². The van der Waals surface area contributed by atoms with Crippen LogP contribution in [0.3, 0.4) is 0 Å². The van der Waals surface area contributed by atoms with Gasteiger partial charge in [-0.25, -0.2) is 4.98 Å². The quantitative estimate of drug-likeness (QED) is 0.813. The molecule has 2 N–H and O–H groups in total. The SMILES string of the molecule is N[C@H](CCF)c1ccnc(Br)c1. The maximum atomic E-state index is 11.9. The van der Waals surface area contributed by atoms with Crippen LogP contribution in [0.2, 0.25) is 0 Å². The van der Waals surface area contributed by atoms with Gasteiger partial charge in [-0.2, -0.15) is 0 Å². The Morgan fingerprint density at radius 3 is 3.00 bits per heavy atom. The Balaban J connectivity index is 2.73. The second-order valence-corrected chi connectivity index (χ2v) is 3.31. The molecule has 0 radical (unpaired) electrons. The first-order valence-corrected chi connectivity index (χ1v) is 4.46. The Morgan fingerprint density at radius 1 is 1.67 bits per heavy atom. The molecule has 0 aromatic carbocycles. The van der Waals surface area contributed by atoms with Crippen molar-refractivity contribution in [1.82, 2.24) is 4.98 Å². The summed E-state index contributed by atoms with van der Waals surface area (Å²) in [6, 6.07) is 3.38. The number of nitrogens with zero attached hydrogens (tertiary/aromatic N) is 1. The van der Waals surface area contributed by atoms with Gasteiger partial charge in [0.25, 0.3) is 0 Å². The van der Waals surface area contributed by atoms with Crippen molar-refractivity contribution in [1.29, 1.82) is 0 Å². The fourth-order valence-corrected chi connectivity index (χ4v) is 1.31. The van der Waals surface area contributed by atoms with Crippen LogP contribution in [-0.4, -0.2) is 11.7 Å². The van der Waals surface area contributed by atoms with Gasteiger partial charge in [-0.1, -0.05) is 0 Å². The maximum absolute atomic E-state index is 11.9. The number of halogens is 2. The monoisotopic (exact) mass is 232 g/mol. The molecule has 4 heteroatoms. The van der Waals surface area contributed by atoms with Gasteiger partial charge < -0.3 is 5.73 Å². The van der Waals surface area contributed by atoms with Crippen molar-refractivity contribution in [3.8, 4) is 0 Å². The molecule has 1 aromatic rings. The molecule has 1 heterocycles. The highest BCUT2D eigenvalue weighted by Crippen LogP contribution is 2.16. The van der Waals surface area contributed by atoms with E-state index in [0.29, 0.717) is 6.42 Å². The number of hydrogen-bond acceptors (Lipinski definition) is 2. The van der Waals surface area contributed by atoms with Crippen molar-refractivity contribution in [3.63, 3.8) is 0 Å². The Hall–Kier alpha value is -0.480. The average Bonchev–Trinajstić information content (AvgIpc) is 2.05. The summed E-state index contributed by atoms with van der Waals surface area (Å²) in [6.45, 7) is -0.388. The largest absolute Gasteiger partial charge is 0.324 e. The summed E-state index contributed by atoms with van der Waals surface area (Å²) < 4.78 is 12.7. The van der Waals surface area contributed by atoms with Gasteiger partial charge in [0.2, 0.25) is 0 Å². The molecule has 0 unspecified atom stereocenters. The van der Waals surface area contributed by atoms with E-state index in [1.807, 2.05) is 0 Å². The molecule has 0 spiro atoms. The van der Waals surface area contributed by atoms with E-state index in [0.717, 1.165) is 10.2 Å². The molecular weight excluding hydrogens is 223 g/mol. The van der Waals surface area contributed by atoms with E-state index < -0.39 is 0 Å². The molecule has 0 amide bonds. The van der Waals surface area contributed by atoms with Crippen LogP contribution in [0.1, 0.15) is 18.0 Å². The van der Waals surface area contributed by atoms with E-state index >= 15 is 0 Å². The van der Waals surface area contributed by atoms with E-state index in [4.69, 9.17) is 5.73 Å². The van der Waals surface area contributed by atoms with E-state index in [-0.39, 0.29) is 12.7 Å². The van der Waals surface area contributed by atoms with E-state index in [2.05, 4.69) is 20.9 Å². The normalized spacial score (nSPS) is 12.9. The van der Waals surface area contributed by atoms with Crippen LogP contribution in [-0.2, 0) is 0 Å². The van der Waals surface area contributed by atoms with Crippen LogP contribution in [0.15, 0.2) is 22.9 Å². The van der Waals surface area contributed by atoms with Crippen molar-refractivity contribution in [3.05, 3.63) is 28.5 Å². The lowest BCUT2D eigenvalue weighted by Crippen LogP contribution is -2.10. The lowest BCUT2D eigenvalue weighted by Gasteiger charge is -2.08. The Morgan fingerprint density at radius 2 is 2.42 bits per heavy atom. The first kappa shape index (κ1) is 9.61. The molecular formula is C8H10BrFN2. The molecule has 0 aliphatic heterocycles. The van der Waals surface area contributed by atoms with Crippen molar-refractivity contribution in [2.24, 2.45) is 5.73 Å². The number of alkyl halides is 1. The third-order valence-corrected chi connectivity index (χ3v) is 2.03. The summed E-state index contributed by atoms with van der Waals surface area (Å²) in [6.07, 6.45) is 2.01. The van der Waals surface area contributed by atoms with Gasteiger partial charge in [-0.3, -0.25) is 4.39 Å². The predicted octanol–water partition coefficient (Wildman–Crippen LogP) is 2.20. The average molecular weight is 233 g/mol. The summed E-state index contributed by atoms with van der Waals surface area (Å²) >= 11 is 3.22. The van der Waals surface area contributed by atoms with Crippen LogP contribution in [0.4, 0.5) is 4.39 Å². The first-order chi connectivity index (χ1) is 5.74. The predicted molar refractivity (Wildman–Crippen MR) is 49.5 cm³/mol. The van der Waals surface area contributed by atoms with Crippen LogP contribution >= 0.6 is 15.9 Å². The van der Waals surface area contributed by atoms with Gasteiger partial charge in [0, 0.05) is 12.2 Å². The minimum atomic E-state index is -0.388. The van der Waals surface area contributed by atoms with Crippen LogP contribution in [0.5, 0.6) is 0 Å². The fraction of sp³-hybridized carbons (Fsp3) is 0.375. The second-order valence-electron chi connectivity index (χ2n) is 2.50. The van der Waals surface area contributed by atoms with Crippen LogP contribution in [0.25, 0.3) is 0 Å². The summed E-state index contributed by atoms with van der Waals surface area (Å²) in [4.78, 5) is 3.95. The summed E-state index contributed by atoms with van der Waals surface area (Å²) in [5, 5.41) is 0. The van der Waals surface area contributed by atoms with Gasteiger partial charge >= 0.3 is 0 Å². The third-order valence-electron chi connectivity index (χ3n) is 1.60. The number of rotatable bonds is 3. The molecule has 66 valence electrons. The Labute approximate surface area is 79.1 Å². The molecule has 0 bridgehead atoms. The molecule has 1 aromatic heterocycles. The standard InChI is InChI=1S/C8H10BrFN2/c9-8-5-6(2-4-12-8)7(11)1-3-10/h2,4-5,7H,1,3,11H2/t7-/m1/s1. The highest BCUT2D eigenvalue weighted by atomic mass is 79.9. The Kier molecular flexibility index (Phi) is 3.62. The lowest BCUT2D eigenvalue weighted by molar-refractivity contribution is 0.441. The van der Waals surface area contributed by atoms with Gasteiger partial charge in [0.05, 0.1) is 6.67 Å². The van der Waals surface area contributed by atoms with Crippen molar-refractivity contribution < 1.29 is 4.39 Å². The molecule has 1 atom stereocenters. The lowest BCUT2D eigenvalue weighted by atomic mass is 10.1. The van der Waals surface area contributed by atoms with Crippen molar-refractivity contribution >= 4 is 15.9 Å². The molecule has 0 aliphatic rings. The molecule has 0 fully saturated rings. The third kappa shape index (κ3) is 2.53. The van der Waals surface area contributed by atoms with Gasteiger partial charge in [-0.05, 0) is 40.0 Å². The van der Waals surface area contributed by atoms with E-state index in [1.54, 1.807) is 18.3 Å². The topological polar surface area (TPSA) is 38.9 Å². The molecule has 1 rings (SSSR count). The maximum Gasteiger partial charge on any atom is 0.106 e. The van der Waals surface area contributed by atoms with E-state index in [9.17, 15) is 4.39 Å².